The van der Waals surface area contributed by atoms with Gasteiger partial charge in [0.25, 0.3) is 0 Å². The first-order valence-corrected chi connectivity index (χ1v) is 11.1. The van der Waals surface area contributed by atoms with E-state index in [4.69, 9.17) is 0 Å². The number of sulfone groups is 1. The number of anilines is 3. The van der Waals surface area contributed by atoms with Crippen LogP contribution in [0.25, 0.3) is 0 Å². The first-order valence-electron chi connectivity index (χ1n) is 9.08. The molecule has 0 fully saturated rings. The molecule has 9 nitrogen and oxygen atoms in total. The largest absolute Gasteiger partial charge is 0.370 e. The molecular weight excluding hydrogens is 385 g/mol. The Hall–Kier alpha value is -2.27. The van der Waals surface area contributed by atoms with Crippen molar-refractivity contribution in [1.29, 1.82) is 0 Å². The molecule has 2 aromatic rings. The minimum Gasteiger partial charge on any atom is -0.370 e. The van der Waals surface area contributed by atoms with Crippen molar-refractivity contribution in [2.75, 3.05) is 42.3 Å². The van der Waals surface area contributed by atoms with Crippen molar-refractivity contribution >= 4 is 27.3 Å². The molecule has 1 atom stereocenters. The van der Waals surface area contributed by atoms with Gasteiger partial charge in [-0.1, -0.05) is 0 Å². The summed E-state index contributed by atoms with van der Waals surface area (Å²) in [4.78, 5) is 8.69. The van der Waals surface area contributed by atoms with E-state index >= 15 is 0 Å². The van der Waals surface area contributed by atoms with Gasteiger partial charge in [-0.2, -0.15) is 10.1 Å². The van der Waals surface area contributed by atoms with Gasteiger partial charge in [0.15, 0.2) is 0 Å². The van der Waals surface area contributed by atoms with Crippen molar-refractivity contribution in [2.45, 2.75) is 25.9 Å². The average molecular weight is 414 g/mol. The molecule has 0 amide bonds. The molecule has 0 aliphatic heterocycles. The normalized spacial score (nSPS) is 12.7. The van der Waals surface area contributed by atoms with Gasteiger partial charge in [-0.15, -0.1) is 0 Å². The minimum absolute atomic E-state index is 0.0175. The fraction of sp³-hybridized carbons (Fsp3) is 0.588. The summed E-state index contributed by atoms with van der Waals surface area (Å²) in [5.41, 5.74) is 1.69. The molecule has 1 unspecified atom stereocenters. The highest BCUT2D eigenvalue weighted by Gasteiger charge is 2.09. The second-order valence-corrected chi connectivity index (χ2v) is 9.01. The highest BCUT2D eigenvalue weighted by atomic mass is 32.2. The smallest absolute Gasteiger partial charge is 0.229 e. The Labute approximate surface area is 165 Å². The Balaban J connectivity index is 1.71. The van der Waals surface area contributed by atoms with Crippen molar-refractivity contribution in [1.82, 2.24) is 25.1 Å². The number of nitrogens with one attached hydrogen (secondary N) is 3. The molecule has 3 N–H and O–H groups in total. The van der Waals surface area contributed by atoms with Crippen LogP contribution in [-0.4, -0.2) is 66.0 Å². The summed E-state index contributed by atoms with van der Waals surface area (Å²) in [6, 6.07) is 0. The number of alkyl halides is 1. The van der Waals surface area contributed by atoms with Gasteiger partial charge in [0.2, 0.25) is 5.95 Å². The van der Waals surface area contributed by atoms with Crippen LogP contribution in [0.2, 0.25) is 0 Å². The van der Waals surface area contributed by atoms with Crippen molar-refractivity contribution in [2.24, 2.45) is 7.05 Å². The zero-order valence-corrected chi connectivity index (χ0v) is 17.3. The molecule has 0 spiro atoms. The highest BCUT2D eigenvalue weighted by molar-refractivity contribution is 7.90. The molecule has 2 aromatic heterocycles. The summed E-state index contributed by atoms with van der Waals surface area (Å²) in [6.07, 6.45) is 6.38. The van der Waals surface area contributed by atoms with Crippen LogP contribution >= 0.6 is 0 Å². The summed E-state index contributed by atoms with van der Waals surface area (Å²) in [5, 5.41) is 13.2. The van der Waals surface area contributed by atoms with Crippen LogP contribution in [0, 0.1) is 6.92 Å². The monoisotopic (exact) mass is 413 g/mol. The predicted molar refractivity (Wildman–Crippen MR) is 108 cm³/mol. The third-order valence-corrected chi connectivity index (χ3v) is 4.88. The van der Waals surface area contributed by atoms with Gasteiger partial charge >= 0.3 is 0 Å². The summed E-state index contributed by atoms with van der Waals surface area (Å²) >= 11 is 0. The van der Waals surface area contributed by atoms with Crippen molar-refractivity contribution in [3.63, 3.8) is 0 Å². The van der Waals surface area contributed by atoms with Crippen molar-refractivity contribution in [3.8, 4) is 0 Å². The summed E-state index contributed by atoms with van der Waals surface area (Å²) in [5.74, 6) is 1.17. The van der Waals surface area contributed by atoms with Crippen molar-refractivity contribution < 1.29 is 12.8 Å². The van der Waals surface area contributed by atoms with E-state index in [1.165, 1.54) is 6.26 Å². The Morgan fingerprint density at radius 2 is 2.07 bits per heavy atom. The molecule has 0 saturated heterocycles. The van der Waals surface area contributed by atoms with Gasteiger partial charge in [-0.25, -0.2) is 17.8 Å². The van der Waals surface area contributed by atoms with Gasteiger partial charge in [0.1, 0.15) is 21.8 Å². The lowest BCUT2D eigenvalue weighted by Gasteiger charge is -2.12. The first kappa shape index (κ1) is 22.0. The molecule has 2 rings (SSSR count). The van der Waals surface area contributed by atoms with E-state index in [-0.39, 0.29) is 18.8 Å². The van der Waals surface area contributed by atoms with E-state index in [1.807, 2.05) is 20.2 Å². The van der Waals surface area contributed by atoms with E-state index in [9.17, 15) is 12.8 Å². The van der Waals surface area contributed by atoms with Crippen LogP contribution in [0.4, 0.5) is 21.8 Å². The molecular formula is C17H28FN7O2S. The molecule has 0 bridgehead atoms. The number of hydrogen-bond acceptors (Lipinski definition) is 8. The zero-order valence-electron chi connectivity index (χ0n) is 16.4. The van der Waals surface area contributed by atoms with Gasteiger partial charge in [0.05, 0.1) is 17.6 Å². The lowest BCUT2D eigenvalue weighted by Crippen LogP contribution is -2.29. The molecule has 0 aliphatic rings. The van der Waals surface area contributed by atoms with Crippen LogP contribution in [-0.2, 0) is 16.9 Å². The predicted octanol–water partition coefficient (Wildman–Crippen LogP) is 1.43. The SMILES string of the molecule is Cc1cnc(Nc2cnn(C)c2)nc1NCCCC(F)CNCCS(C)(=O)=O. The molecule has 156 valence electrons. The molecule has 0 saturated carbocycles. The van der Waals surface area contributed by atoms with Crippen LogP contribution < -0.4 is 16.0 Å². The van der Waals surface area contributed by atoms with E-state index in [1.54, 1.807) is 17.1 Å². The van der Waals surface area contributed by atoms with Crippen LogP contribution in [0.5, 0.6) is 0 Å². The van der Waals surface area contributed by atoms with E-state index in [0.29, 0.717) is 31.2 Å². The lowest BCUT2D eigenvalue weighted by atomic mass is 10.2. The van der Waals surface area contributed by atoms with E-state index < -0.39 is 16.0 Å². The summed E-state index contributed by atoms with van der Waals surface area (Å²) in [7, 11) is -1.19. The van der Waals surface area contributed by atoms with Crippen LogP contribution in [0.3, 0.4) is 0 Å². The first-order chi connectivity index (χ1) is 13.2. The Kier molecular flexibility index (Phi) is 8.12. The average Bonchev–Trinajstić information content (AvgIpc) is 3.02. The van der Waals surface area contributed by atoms with Crippen LogP contribution in [0.15, 0.2) is 18.6 Å². The summed E-state index contributed by atoms with van der Waals surface area (Å²) in [6.45, 7) is 2.90. The lowest BCUT2D eigenvalue weighted by molar-refractivity contribution is 0.300. The van der Waals surface area contributed by atoms with E-state index in [0.717, 1.165) is 11.3 Å². The number of nitrogens with zero attached hydrogens (tertiary/aromatic N) is 4. The molecule has 11 heteroatoms. The maximum atomic E-state index is 13.9. The number of aromatic nitrogens is 4. The quantitative estimate of drug-likeness (QED) is 0.448. The third kappa shape index (κ3) is 8.17. The third-order valence-electron chi connectivity index (χ3n) is 3.93. The van der Waals surface area contributed by atoms with Gasteiger partial charge < -0.3 is 16.0 Å². The second kappa shape index (κ2) is 10.3. The van der Waals surface area contributed by atoms with Gasteiger partial charge in [-0.05, 0) is 19.8 Å². The standard InChI is InChI=1S/C17H28FN7O2S/c1-13-9-21-17(23-15-11-22-25(2)12-15)24-16(13)20-6-4-5-14(18)10-19-7-8-28(3,26)27/h9,11-12,14,19H,4-8,10H2,1-3H3,(H2,20,21,23,24). The number of hydrogen-bond donors (Lipinski definition) is 3. The topological polar surface area (TPSA) is 114 Å². The van der Waals surface area contributed by atoms with Crippen molar-refractivity contribution in [3.05, 3.63) is 24.2 Å². The molecule has 0 radical (unpaired) electrons. The fourth-order valence-electron chi connectivity index (χ4n) is 2.44. The number of halogens is 1. The Morgan fingerprint density at radius 3 is 2.75 bits per heavy atom. The van der Waals surface area contributed by atoms with Crippen LogP contribution in [0.1, 0.15) is 18.4 Å². The Bertz CT molecular complexity index is 857. The minimum atomic E-state index is -3.02. The van der Waals surface area contributed by atoms with Gasteiger partial charge in [-0.3, -0.25) is 4.68 Å². The summed E-state index contributed by atoms with van der Waals surface area (Å²) < 4.78 is 37.6. The number of aryl methyl sites for hydroxylation is 2. The molecule has 0 aliphatic carbocycles. The highest BCUT2D eigenvalue weighted by Crippen LogP contribution is 2.16. The molecule has 2 heterocycles. The van der Waals surface area contributed by atoms with E-state index in [2.05, 4.69) is 31.0 Å². The Morgan fingerprint density at radius 1 is 1.29 bits per heavy atom. The fourth-order valence-corrected chi connectivity index (χ4v) is 2.96. The maximum absolute atomic E-state index is 13.9. The van der Waals surface area contributed by atoms with Gasteiger partial charge in [0, 0.05) is 50.9 Å². The maximum Gasteiger partial charge on any atom is 0.229 e. The zero-order chi connectivity index (χ0) is 20.6. The number of rotatable bonds is 12. The molecule has 0 aromatic carbocycles. The second-order valence-electron chi connectivity index (χ2n) is 6.75. The molecule has 28 heavy (non-hydrogen) atoms.